The molecule has 0 spiro atoms. The highest BCUT2D eigenvalue weighted by Gasteiger charge is 2.15. The number of tetrazole rings is 1. The van der Waals surface area contributed by atoms with Crippen LogP contribution in [0.15, 0.2) is 48.5 Å². The van der Waals surface area contributed by atoms with Crippen LogP contribution in [-0.2, 0) is 24.2 Å². The average Bonchev–Trinajstić information content (AvgIpc) is 3.48. The summed E-state index contributed by atoms with van der Waals surface area (Å²) in [7, 11) is 0. The Balaban J connectivity index is 1.54. The van der Waals surface area contributed by atoms with Gasteiger partial charge in [-0.1, -0.05) is 62.4 Å². The number of hydrogen-bond acceptors (Lipinski definition) is 6. The number of benzene rings is 2. The lowest BCUT2D eigenvalue weighted by Crippen LogP contribution is -2.13. The molecule has 9 nitrogen and oxygen atoms in total. The van der Waals surface area contributed by atoms with Crippen LogP contribution in [-0.4, -0.2) is 46.5 Å². The fourth-order valence-corrected chi connectivity index (χ4v) is 3.53. The van der Waals surface area contributed by atoms with E-state index in [1.807, 2.05) is 35.9 Å². The maximum Gasteiger partial charge on any atom is 0.306 e. The van der Waals surface area contributed by atoms with Gasteiger partial charge in [-0.2, -0.15) is 5.10 Å². The first-order valence-electron chi connectivity index (χ1n) is 10.6. The molecule has 4 aromatic rings. The molecule has 32 heavy (non-hydrogen) atoms. The highest BCUT2D eigenvalue weighted by Crippen LogP contribution is 2.29. The Labute approximate surface area is 185 Å². The molecule has 0 saturated carbocycles. The lowest BCUT2D eigenvalue weighted by molar-refractivity contribution is -0.141. The molecular weight excluding hydrogens is 406 g/mol. The largest absolute Gasteiger partial charge is 0.481 e. The van der Waals surface area contributed by atoms with Crippen molar-refractivity contribution in [3.05, 3.63) is 65.7 Å². The number of nitrogens with one attached hydrogen (secondary N) is 1. The Morgan fingerprint density at radius 2 is 1.88 bits per heavy atom. The number of carboxylic acids is 1. The van der Waals surface area contributed by atoms with Crippen molar-refractivity contribution in [2.75, 3.05) is 0 Å². The van der Waals surface area contributed by atoms with E-state index in [1.54, 1.807) is 6.92 Å². The minimum atomic E-state index is -0.788. The number of nitrogens with zero attached hydrogens (tertiary/aromatic N) is 6. The van der Waals surface area contributed by atoms with Crippen molar-refractivity contribution in [1.82, 2.24) is 35.4 Å². The average molecular weight is 432 g/mol. The summed E-state index contributed by atoms with van der Waals surface area (Å²) in [6.07, 6.45) is 1.85. The molecule has 0 aliphatic heterocycles. The van der Waals surface area contributed by atoms with Crippen molar-refractivity contribution in [2.45, 2.75) is 39.7 Å². The van der Waals surface area contributed by atoms with E-state index in [4.69, 9.17) is 5.11 Å². The third kappa shape index (κ3) is 4.72. The summed E-state index contributed by atoms with van der Waals surface area (Å²) in [5.41, 5.74) is 4.12. The predicted molar refractivity (Wildman–Crippen MR) is 119 cm³/mol. The Bertz CT molecular complexity index is 1180. The normalized spacial score (nSPS) is 12.1. The van der Waals surface area contributed by atoms with Crippen molar-refractivity contribution < 1.29 is 9.90 Å². The molecule has 2 aromatic heterocycles. The molecule has 0 fully saturated rings. The van der Waals surface area contributed by atoms with Gasteiger partial charge in [-0.25, -0.2) is 14.8 Å². The number of aryl methyl sites for hydroxylation is 2. The van der Waals surface area contributed by atoms with Crippen LogP contribution in [0.1, 0.15) is 37.5 Å². The Kier molecular flexibility index (Phi) is 6.34. The van der Waals surface area contributed by atoms with E-state index < -0.39 is 11.9 Å². The molecule has 0 aliphatic carbocycles. The first-order valence-corrected chi connectivity index (χ1v) is 10.6. The minimum absolute atomic E-state index is 0.413. The first-order chi connectivity index (χ1) is 15.5. The molecule has 0 bridgehead atoms. The van der Waals surface area contributed by atoms with Gasteiger partial charge in [-0.3, -0.25) is 4.79 Å². The van der Waals surface area contributed by atoms with Gasteiger partial charge in [0, 0.05) is 18.4 Å². The molecule has 2 heterocycles. The molecule has 1 atom stereocenters. The quantitative estimate of drug-likeness (QED) is 0.416. The summed E-state index contributed by atoms with van der Waals surface area (Å²) in [4.78, 5) is 15.7. The highest BCUT2D eigenvalue weighted by atomic mass is 16.4. The van der Waals surface area contributed by atoms with Crippen LogP contribution in [0.25, 0.3) is 22.5 Å². The van der Waals surface area contributed by atoms with E-state index in [0.717, 1.165) is 40.3 Å². The van der Waals surface area contributed by atoms with Crippen LogP contribution < -0.4 is 0 Å². The van der Waals surface area contributed by atoms with Crippen molar-refractivity contribution in [2.24, 2.45) is 5.92 Å². The number of carboxylic acid groups (broad SMARTS) is 1. The van der Waals surface area contributed by atoms with Gasteiger partial charge in [-0.05, 0) is 33.5 Å². The molecule has 0 saturated heterocycles. The third-order valence-electron chi connectivity index (χ3n) is 5.46. The number of rotatable bonds is 9. The Morgan fingerprint density at radius 3 is 2.53 bits per heavy atom. The Hall–Kier alpha value is -3.88. The molecule has 0 amide bonds. The number of hydrogen-bond donors (Lipinski definition) is 2. The van der Waals surface area contributed by atoms with Crippen LogP contribution in [0, 0.1) is 5.92 Å². The van der Waals surface area contributed by atoms with Crippen LogP contribution >= 0.6 is 0 Å². The second kappa shape index (κ2) is 9.51. The molecule has 2 aromatic carbocycles. The number of aromatic nitrogens is 7. The zero-order valence-electron chi connectivity index (χ0n) is 18.1. The number of aliphatic carboxylic acids is 1. The number of aromatic amines is 1. The van der Waals surface area contributed by atoms with E-state index in [1.165, 1.54) is 0 Å². The standard InChI is InChI=1S/C23H25N7O2/c1-3-20-24-21(13-8-15(2)23(31)32)30(27-20)14-16-9-11-17(12-10-16)18-6-4-5-7-19(18)22-25-28-29-26-22/h4-7,9-12,15H,3,8,13-14H2,1-2H3,(H,31,32)(H,25,26,28,29). The monoisotopic (exact) mass is 431 g/mol. The second-order valence-corrected chi connectivity index (χ2v) is 7.73. The van der Waals surface area contributed by atoms with E-state index in [-0.39, 0.29) is 0 Å². The molecule has 0 radical (unpaired) electrons. The smallest absolute Gasteiger partial charge is 0.306 e. The maximum absolute atomic E-state index is 11.2. The summed E-state index contributed by atoms with van der Waals surface area (Å²) in [5, 5.41) is 28.0. The SMILES string of the molecule is CCc1nc(CCC(C)C(=O)O)n(Cc2ccc(-c3ccccc3-c3nnn[nH]3)cc2)n1. The van der Waals surface area contributed by atoms with Gasteiger partial charge in [0.2, 0.25) is 0 Å². The molecule has 4 rings (SSSR count). The van der Waals surface area contributed by atoms with Gasteiger partial charge < -0.3 is 5.11 Å². The summed E-state index contributed by atoms with van der Waals surface area (Å²) < 4.78 is 1.89. The Morgan fingerprint density at radius 1 is 1.12 bits per heavy atom. The molecule has 9 heteroatoms. The first kappa shape index (κ1) is 21.4. The molecule has 1 unspecified atom stereocenters. The third-order valence-corrected chi connectivity index (χ3v) is 5.46. The van der Waals surface area contributed by atoms with Gasteiger partial charge in [0.15, 0.2) is 11.6 Å². The van der Waals surface area contributed by atoms with Crippen LogP contribution in [0.3, 0.4) is 0 Å². The predicted octanol–water partition coefficient (Wildman–Crippen LogP) is 3.39. The lowest BCUT2D eigenvalue weighted by Gasteiger charge is -2.10. The van der Waals surface area contributed by atoms with E-state index in [0.29, 0.717) is 25.2 Å². The van der Waals surface area contributed by atoms with Gasteiger partial charge in [0.1, 0.15) is 5.82 Å². The fourth-order valence-electron chi connectivity index (χ4n) is 3.53. The molecule has 164 valence electrons. The van der Waals surface area contributed by atoms with Crippen molar-refractivity contribution in [3.8, 4) is 22.5 Å². The zero-order chi connectivity index (χ0) is 22.5. The second-order valence-electron chi connectivity index (χ2n) is 7.73. The minimum Gasteiger partial charge on any atom is -0.481 e. The number of H-pyrrole nitrogens is 1. The summed E-state index contributed by atoms with van der Waals surface area (Å²) in [6, 6.07) is 16.3. The van der Waals surface area contributed by atoms with Crippen LogP contribution in [0.5, 0.6) is 0 Å². The highest BCUT2D eigenvalue weighted by molar-refractivity contribution is 5.80. The lowest BCUT2D eigenvalue weighted by atomic mass is 9.98. The zero-order valence-corrected chi connectivity index (χ0v) is 18.1. The molecule has 0 aliphatic rings. The van der Waals surface area contributed by atoms with Gasteiger partial charge >= 0.3 is 5.97 Å². The van der Waals surface area contributed by atoms with E-state index >= 15 is 0 Å². The van der Waals surface area contributed by atoms with Crippen molar-refractivity contribution in [1.29, 1.82) is 0 Å². The summed E-state index contributed by atoms with van der Waals surface area (Å²) in [5.74, 6) is 1.02. The van der Waals surface area contributed by atoms with Crippen molar-refractivity contribution >= 4 is 5.97 Å². The van der Waals surface area contributed by atoms with E-state index in [2.05, 4.69) is 55.0 Å². The molecule has 2 N–H and O–H groups in total. The molecular formula is C23H25N7O2. The summed E-state index contributed by atoms with van der Waals surface area (Å²) >= 11 is 0. The summed E-state index contributed by atoms with van der Waals surface area (Å²) in [6.45, 7) is 4.31. The van der Waals surface area contributed by atoms with Crippen molar-refractivity contribution in [3.63, 3.8) is 0 Å². The van der Waals surface area contributed by atoms with Crippen LogP contribution in [0.2, 0.25) is 0 Å². The van der Waals surface area contributed by atoms with Gasteiger partial charge in [0.25, 0.3) is 0 Å². The van der Waals surface area contributed by atoms with Gasteiger partial charge in [0.05, 0.1) is 12.5 Å². The fraction of sp³-hybridized carbons (Fsp3) is 0.304. The topological polar surface area (TPSA) is 122 Å². The maximum atomic E-state index is 11.2. The van der Waals surface area contributed by atoms with Gasteiger partial charge in [-0.15, -0.1) is 5.10 Å². The number of carbonyl (C=O) groups is 1. The van der Waals surface area contributed by atoms with Crippen LogP contribution in [0.4, 0.5) is 0 Å². The van der Waals surface area contributed by atoms with E-state index in [9.17, 15) is 4.79 Å².